The molecule has 0 unspecified atom stereocenters. The van der Waals surface area contributed by atoms with Gasteiger partial charge in [0.2, 0.25) is 5.91 Å². The molecule has 1 aromatic heterocycles. The summed E-state index contributed by atoms with van der Waals surface area (Å²) in [6, 6.07) is 1.77. The van der Waals surface area contributed by atoms with E-state index < -0.39 is 5.82 Å². The lowest BCUT2D eigenvalue weighted by Crippen LogP contribution is -2.34. The lowest BCUT2D eigenvalue weighted by molar-refractivity contribution is -0.131. The number of halogens is 2. The number of benzene rings is 1. The Morgan fingerprint density at radius 3 is 3.00 bits per heavy atom. The normalized spacial score (nSPS) is 14.4. The van der Waals surface area contributed by atoms with E-state index in [2.05, 4.69) is 0 Å². The number of thiophene rings is 1. The zero-order chi connectivity index (χ0) is 15.1. The standard InChI is InChI=1S/C15H15ClFNO2S/c1-3-12(19)18-5-4-11-9(7-18)8-6-10(20-2)13(16)14(17)15(8)21-11/h6H,3-5,7H2,1-2H3. The fourth-order valence-corrected chi connectivity index (χ4v) is 4.22. The Morgan fingerprint density at radius 2 is 2.33 bits per heavy atom. The lowest BCUT2D eigenvalue weighted by Gasteiger charge is -2.27. The number of carbonyl (C=O) groups excluding carboxylic acids is 1. The molecule has 0 bridgehead atoms. The molecule has 2 heterocycles. The Kier molecular flexibility index (Phi) is 3.80. The van der Waals surface area contributed by atoms with E-state index in [1.165, 1.54) is 18.4 Å². The van der Waals surface area contributed by atoms with Crippen molar-refractivity contribution in [3.05, 3.63) is 27.3 Å². The number of ether oxygens (including phenoxy) is 1. The molecule has 0 N–H and O–H groups in total. The van der Waals surface area contributed by atoms with Crippen molar-refractivity contribution in [3.8, 4) is 5.75 Å². The van der Waals surface area contributed by atoms with Crippen LogP contribution in [0.1, 0.15) is 23.8 Å². The molecule has 112 valence electrons. The zero-order valence-electron chi connectivity index (χ0n) is 11.8. The highest BCUT2D eigenvalue weighted by Crippen LogP contribution is 2.42. The number of nitrogens with zero attached hydrogens (tertiary/aromatic N) is 1. The first kappa shape index (κ1) is 14.6. The summed E-state index contributed by atoms with van der Waals surface area (Å²) in [5.41, 5.74) is 1.02. The van der Waals surface area contributed by atoms with Gasteiger partial charge in [0.15, 0.2) is 5.82 Å². The molecule has 1 aromatic carbocycles. The fraction of sp³-hybridized carbons (Fsp3) is 0.400. The van der Waals surface area contributed by atoms with Gasteiger partial charge < -0.3 is 9.64 Å². The number of rotatable bonds is 2. The summed E-state index contributed by atoms with van der Waals surface area (Å²) in [7, 11) is 1.47. The van der Waals surface area contributed by atoms with E-state index in [0.29, 0.717) is 30.0 Å². The Hall–Kier alpha value is -1.33. The molecule has 1 amide bonds. The molecule has 6 heteroatoms. The van der Waals surface area contributed by atoms with Crippen LogP contribution in [0.25, 0.3) is 10.1 Å². The average molecular weight is 328 g/mol. The van der Waals surface area contributed by atoms with Gasteiger partial charge in [-0.15, -0.1) is 11.3 Å². The largest absolute Gasteiger partial charge is 0.495 e. The molecular weight excluding hydrogens is 313 g/mol. The maximum atomic E-state index is 14.4. The Morgan fingerprint density at radius 1 is 1.57 bits per heavy atom. The van der Waals surface area contributed by atoms with Crippen LogP contribution >= 0.6 is 22.9 Å². The first-order valence-corrected chi connectivity index (χ1v) is 8.00. The van der Waals surface area contributed by atoms with Gasteiger partial charge in [0.1, 0.15) is 10.8 Å². The number of methoxy groups -OCH3 is 1. The molecule has 2 aromatic rings. The van der Waals surface area contributed by atoms with E-state index in [4.69, 9.17) is 16.3 Å². The molecule has 3 rings (SSSR count). The van der Waals surface area contributed by atoms with Crippen molar-refractivity contribution < 1.29 is 13.9 Å². The highest BCUT2D eigenvalue weighted by Gasteiger charge is 2.26. The number of fused-ring (bicyclic) bond motifs is 3. The van der Waals surface area contributed by atoms with Crippen LogP contribution in [0, 0.1) is 5.82 Å². The SMILES string of the molecule is CCC(=O)N1CCc2sc3c(F)c(Cl)c(OC)cc3c2C1. The van der Waals surface area contributed by atoms with Crippen LogP contribution in [0.3, 0.4) is 0 Å². The third kappa shape index (κ3) is 2.28. The molecule has 0 spiro atoms. The quantitative estimate of drug-likeness (QED) is 0.834. The lowest BCUT2D eigenvalue weighted by atomic mass is 10.0. The van der Waals surface area contributed by atoms with Crippen molar-refractivity contribution in [1.29, 1.82) is 0 Å². The Bertz CT molecular complexity index is 728. The molecule has 3 nitrogen and oxygen atoms in total. The molecule has 1 aliphatic rings. The van der Waals surface area contributed by atoms with Crippen molar-refractivity contribution in [3.63, 3.8) is 0 Å². The monoisotopic (exact) mass is 327 g/mol. The summed E-state index contributed by atoms with van der Waals surface area (Å²) in [6.45, 7) is 3.08. The second-order valence-corrected chi connectivity index (χ2v) is 6.49. The minimum Gasteiger partial charge on any atom is -0.495 e. The Labute approximate surface area is 131 Å². The topological polar surface area (TPSA) is 29.5 Å². The van der Waals surface area contributed by atoms with Gasteiger partial charge in [-0.2, -0.15) is 0 Å². The summed E-state index contributed by atoms with van der Waals surface area (Å²) in [5, 5.41) is 0.826. The van der Waals surface area contributed by atoms with Crippen molar-refractivity contribution in [2.75, 3.05) is 13.7 Å². The van der Waals surface area contributed by atoms with E-state index in [9.17, 15) is 9.18 Å². The fourth-order valence-electron chi connectivity index (χ4n) is 2.71. The predicted octanol–water partition coefficient (Wildman–Crippen LogP) is 4.00. The molecule has 1 aliphatic heterocycles. The summed E-state index contributed by atoms with van der Waals surface area (Å²) in [5.74, 6) is 0.0291. The van der Waals surface area contributed by atoms with Gasteiger partial charge in [-0.25, -0.2) is 4.39 Å². The molecule has 0 aliphatic carbocycles. The minimum absolute atomic E-state index is 0.0186. The van der Waals surface area contributed by atoms with Crippen molar-refractivity contribution in [2.45, 2.75) is 26.3 Å². The minimum atomic E-state index is -0.432. The highest BCUT2D eigenvalue weighted by molar-refractivity contribution is 7.19. The third-order valence-corrected chi connectivity index (χ3v) is 5.50. The molecule has 21 heavy (non-hydrogen) atoms. The van der Waals surface area contributed by atoms with Crippen molar-refractivity contribution in [1.82, 2.24) is 4.90 Å². The van der Waals surface area contributed by atoms with Crippen LogP contribution in [0.4, 0.5) is 4.39 Å². The van der Waals surface area contributed by atoms with Crippen LogP contribution in [-0.4, -0.2) is 24.5 Å². The van der Waals surface area contributed by atoms with E-state index in [-0.39, 0.29) is 10.9 Å². The second-order valence-electron chi connectivity index (χ2n) is 5.01. The van der Waals surface area contributed by atoms with Gasteiger partial charge in [-0.3, -0.25) is 4.79 Å². The summed E-state index contributed by atoms with van der Waals surface area (Å²) in [4.78, 5) is 14.8. The summed E-state index contributed by atoms with van der Waals surface area (Å²) >= 11 is 7.41. The average Bonchev–Trinajstić information content (AvgIpc) is 2.87. The first-order valence-electron chi connectivity index (χ1n) is 6.80. The second kappa shape index (κ2) is 5.46. The summed E-state index contributed by atoms with van der Waals surface area (Å²) < 4.78 is 20.1. The maximum Gasteiger partial charge on any atom is 0.222 e. The van der Waals surface area contributed by atoms with Crippen molar-refractivity contribution >= 4 is 38.9 Å². The predicted molar refractivity (Wildman–Crippen MR) is 82.8 cm³/mol. The van der Waals surface area contributed by atoms with Crippen LogP contribution in [0.5, 0.6) is 5.75 Å². The molecule has 0 fully saturated rings. The smallest absolute Gasteiger partial charge is 0.222 e. The Balaban J connectivity index is 2.14. The van der Waals surface area contributed by atoms with E-state index in [1.54, 1.807) is 6.07 Å². The van der Waals surface area contributed by atoms with Crippen LogP contribution in [-0.2, 0) is 17.8 Å². The molecule has 0 atom stereocenters. The van der Waals surface area contributed by atoms with Crippen LogP contribution < -0.4 is 4.74 Å². The molecular formula is C15H15ClFNO2S. The number of carbonyl (C=O) groups is 1. The zero-order valence-corrected chi connectivity index (χ0v) is 13.4. The van der Waals surface area contributed by atoms with E-state index >= 15 is 0 Å². The third-order valence-electron chi connectivity index (χ3n) is 3.85. The van der Waals surface area contributed by atoms with Gasteiger partial charge in [0.25, 0.3) is 0 Å². The maximum absolute atomic E-state index is 14.4. The number of hydrogen-bond acceptors (Lipinski definition) is 3. The van der Waals surface area contributed by atoms with Crippen LogP contribution in [0.15, 0.2) is 6.07 Å². The first-order chi connectivity index (χ1) is 10.1. The van der Waals surface area contributed by atoms with Gasteiger partial charge >= 0.3 is 0 Å². The number of amides is 1. The highest BCUT2D eigenvalue weighted by atomic mass is 35.5. The summed E-state index contributed by atoms with van der Waals surface area (Å²) in [6.07, 6.45) is 1.25. The van der Waals surface area contributed by atoms with Gasteiger partial charge in [-0.1, -0.05) is 18.5 Å². The van der Waals surface area contributed by atoms with Gasteiger partial charge in [0.05, 0.1) is 11.8 Å². The van der Waals surface area contributed by atoms with Gasteiger partial charge in [-0.05, 0) is 18.1 Å². The van der Waals surface area contributed by atoms with Gasteiger partial charge in [0, 0.05) is 29.8 Å². The van der Waals surface area contributed by atoms with E-state index in [1.807, 2.05) is 11.8 Å². The molecule has 0 saturated heterocycles. The molecule has 0 radical (unpaired) electrons. The van der Waals surface area contributed by atoms with Crippen LogP contribution in [0.2, 0.25) is 5.02 Å². The number of hydrogen-bond donors (Lipinski definition) is 0. The van der Waals surface area contributed by atoms with E-state index in [0.717, 1.165) is 22.2 Å². The molecule has 0 saturated carbocycles. The van der Waals surface area contributed by atoms with Crippen molar-refractivity contribution in [2.24, 2.45) is 0 Å².